The smallest absolute Gasteiger partial charge is 0.163 e. The molecule has 0 radical (unpaired) electrons. The van der Waals surface area contributed by atoms with Crippen LogP contribution in [-0.4, -0.2) is 54.0 Å². The Bertz CT molecular complexity index is 229. The summed E-state index contributed by atoms with van der Waals surface area (Å²) in [6.45, 7) is 7.04. The summed E-state index contributed by atoms with van der Waals surface area (Å²) < 4.78 is 5.04. The number of likely N-dealkylation sites (tertiary alicyclic amines) is 1. The number of aliphatic hydroxyl groups excluding tert-OH is 2. The van der Waals surface area contributed by atoms with Crippen molar-refractivity contribution in [2.45, 2.75) is 58.6 Å². The number of nitrogens with one attached hydrogen (secondary N) is 1. The van der Waals surface area contributed by atoms with Crippen LogP contribution in [0.3, 0.4) is 0 Å². The predicted octanol–water partition coefficient (Wildman–Crippen LogP) is 1.11. The number of hydrogen-bond donors (Lipinski definition) is 3. The molecule has 0 amide bonds. The van der Waals surface area contributed by atoms with Crippen molar-refractivity contribution in [1.82, 2.24) is 10.2 Å². The third kappa shape index (κ3) is 6.68. The van der Waals surface area contributed by atoms with Crippen molar-refractivity contribution in [1.29, 1.82) is 0 Å². The maximum Gasteiger partial charge on any atom is 0.163 e. The average Bonchev–Trinajstić information content (AvgIpc) is 2.64. The fraction of sp³-hybridized carbons (Fsp3) is 1.00. The Labute approximate surface area is 116 Å². The van der Waals surface area contributed by atoms with Gasteiger partial charge in [-0.05, 0) is 32.1 Å². The Morgan fingerprint density at radius 1 is 1.26 bits per heavy atom. The minimum Gasteiger partial charge on any atom is -0.368 e. The van der Waals surface area contributed by atoms with Gasteiger partial charge in [-0.15, -0.1) is 0 Å². The molecule has 1 saturated heterocycles. The molecule has 3 unspecified atom stereocenters. The van der Waals surface area contributed by atoms with E-state index in [1.807, 2.05) is 6.92 Å². The van der Waals surface area contributed by atoms with Gasteiger partial charge in [0.1, 0.15) is 0 Å². The van der Waals surface area contributed by atoms with E-state index in [1.54, 1.807) is 0 Å². The third-order valence-electron chi connectivity index (χ3n) is 3.88. The monoisotopic (exact) mass is 274 g/mol. The molecule has 0 aromatic heterocycles. The van der Waals surface area contributed by atoms with Crippen LogP contribution >= 0.6 is 0 Å². The van der Waals surface area contributed by atoms with Gasteiger partial charge in [-0.1, -0.05) is 13.3 Å². The van der Waals surface area contributed by atoms with Gasteiger partial charge >= 0.3 is 0 Å². The molecular formula is C14H30N2O3. The highest BCUT2D eigenvalue weighted by Crippen LogP contribution is 2.20. The molecule has 0 aliphatic carbocycles. The average molecular weight is 274 g/mol. The Morgan fingerprint density at radius 3 is 2.74 bits per heavy atom. The normalized spacial score (nSPS) is 24.9. The number of rotatable bonds is 8. The van der Waals surface area contributed by atoms with Gasteiger partial charge < -0.3 is 14.9 Å². The van der Waals surface area contributed by atoms with Crippen LogP contribution in [0, 0.1) is 5.92 Å². The molecule has 0 aromatic carbocycles. The first-order valence-corrected chi connectivity index (χ1v) is 7.62. The lowest BCUT2D eigenvalue weighted by molar-refractivity contribution is -0.101. The van der Waals surface area contributed by atoms with E-state index >= 15 is 0 Å². The van der Waals surface area contributed by atoms with Crippen molar-refractivity contribution in [3.05, 3.63) is 0 Å². The van der Waals surface area contributed by atoms with Crippen LogP contribution in [0.2, 0.25) is 0 Å². The van der Waals surface area contributed by atoms with E-state index in [-0.39, 0.29) is 0 Å². The SMILES string of the molecule is CCOC(O)CCNC(O)N1CCCC(CC)CC1. The first-order chi connectivity index (χ1) is 9.17. The molecule has 0 bridgehead atoms. The molecule has 114 valence electrons. The van der Waals surface area contributed by atoms with Crippen molar-refractivity contribution in [3.63, 3.8) is 0 Å². The maximum atomic E-state index is 10.1. The van der Waals surface area contributed by atoms with Gasteiger partial charge in [-0.3, -0.25) is 10.2 Å². The molecule has 3 atom stereocenters. The Morgan fingerprint density at radius 2 is 2.05 bits per heavy atom. The van der Waals surface area contributed by atoms with Crippen LogP contribution in [0.15, 0.2) is 0 Å². The number of nitrogens with zero attached hydrogens (tertiary/aromatic N) is 1. The Kier molecular flexibility index (Phi) is 8.57. The zero-order valence-corrected chi connectivity index (χ0v) is 12.3. The summed E-state index contributed by atoms with van der Waals surface area (Å²) in [5.41, 5.74) is 0. The van der Waals surface area contributed by atoms with Gasteiger partial charge in [0.25, 0.3) is 0 Å². The van der Waals surface area contributed by atoms with E-state index in [1.165, 1.54) is 12.8 Å². The van der Waals surface area contributed by atoms with E-state index in [0.29, 0.717) is 19.6 Å². The molecule has 1 aliphatic heterocycles. The molecule has 1 fully saturated rings. The van der Waals surface area contributed by atoms with Gasteiger partial charge in [-0.25, -0.2) is 0 Å². The quantitative estimate of drug-likeness (QED) is 0.579. The Balaban J connectivity index is 2.19. The van der Waals surface area contributed by atoms with Gasteiger partial charge in [0.2, 0.25) is 0 Å². The van der Waals surface area contributed by atoms with Crippen molar-refractivity contribution in [2.24, 2.45) is 5.92 Å². The van der Waals surface area contributed by atoms with Crippen molar-refractivity contribution in [2.75, 3.05) is 26.2 Å². The second kappa shape index (κ2) is 9.66. The molecular weight excluding hydrogens is 244 g/mol. The summed E-state index contributed by atoms with van der Waals surface area (Å²) in [5, 5.41) is 22.6. The summed E-state index contributed by atoms with van der Waals surface area (Å²) in [5.74, 6) is 0.803. The van der Waals surface area contributed by atoms with Gasteiger partial charge in [0.15, 0.2) is 12.6 Å². The summed E-state index contributed by atoms with van der Waals surface area (Å²) in [6.07, 6.45) is 3.97. The van der Waals surface area contributed by atoms with E-state index in [0.717, 1.165) is 31.8 Å². The van der Waals surface area contributed by atoms with Gasteiger partial charge in [0, 0.05) is 32.7 Å². The van der Waals surface area contributed by atoms with Crippen LogP contribution in [-0.2, 0) is 4.74 Å². The van der Waals surface area contributed by atoms with E-state index in [2.05, 4.69) is 17.1 Å². The van der Waals surface area contributed by atoms with Crippen molar-refractivity contribution >= 4 is 0 Å². The van der Waals surface area contributed by atoms with Gasteiger partial charge in [-0.2, -0.15) is 0 Å². The topological polar surface area (TPSA) is 65.0 Å². The molecule has 1 aliphatic rings. The minimum atomic E-state index is -0.738. The number of ether oxygens (including phenoxy) is 1. The van der Waals surface area contributed by atoms with Crippen molar-refractivity contribution < 1.29 is 14.9 Å². The predicted molar refractivity (Wildman–Crippen MR) is 75.5 cm³/mol. The van der Waals surface area contributed by atoms with Crippen LogP contribution < -0.4 is 5.32 Å². The van der Waals surface area contributed by atoms with Crippen LogP contribution in [0.25, 0.3) is 0 Å². The number of aliphatic hydroxyl groups is 2. The third-order valence-corrected chi connectivity index (χ3v) is 3.88. The highest BCUT2D eigenvalue weighted by atomic mass is 16.6. The summed E-state index contributed by atoms with van der Waals surface area (Å²) in [7, 11) is 0. The Hall–Kier alpha value is -0.200. The first-order valence-electron chi connectivity index (χ1n) is 7.62. The lowest BCUT2D eigenvalue weighted by Gasteiger charge is -2.27. The van der Waals surface area contributed by atoms with E-state index in [4.69, 9.17) is 4.74 Å². The van der Waals surface area contributed by atoms with Gasteiger partial charge in [0.05, 0.1) is 0 Å². The van der Waals surface area contributed by atoms with E-state index < -0.39 is 12.6 Å². The zero-order valence-electron chi connectivity index (χ0n) is 12.3. The fourth-order valence-electron chi connectivity index (χ4n) is 2.58. The second-order valence-electron chi connectivity index (χ2n) is 5.27. The summed E-state index contributed by atoms with van der Waals surface area (Å²) in [6, 6.07) is 0. The number of hydrogen-bond acceptors (Lipinski definition) is 5. The molecule has 0 saturated carbocycles. The van der Waals surface area contributed by atoms with Crippen LogP contribution in [0.1, 0.15) is 46.0 Å². The molecule has 0 aromatic rings. The summed E-state index contributed by atoms with van der Waals surface area (Å²) in [4.78, 5) is 2.09. The van der Waals surface area contributed by atoms with Crippen LogP contribution in [0.4, 0.5) is 0 Å². The lowest BCUT2D eigenvalue weighted by atomic mass is 9.98. The fourth-order valence-corrected chi connectivity index (χ4v) is 2.58. The minimum absolute atomic E-state index is 0.496. The standard InChI is InChI=1S/C14H30N2O3/c1-3-12-6-5-10-16(11-8-12)14(18)15-9-7-13(17)19-4-2/h12-15,17-18H,3-11H2,1-2H3. The zero-order chi connectivity index (χ0) is 14.1. The molecule has 1 heterocycles. The molecule has 19 heavy (non-hydrogen) atoms. The highest BCUT2D eigenvalue weighted by molar-refractivity contribution is 4.70. The molecule has 5 nitrogen and oxygen atoms in total. The summed E-state index contributed by atoms with van der Waals surface area (Å²) >= 11 is 0. The van der Waals surface area contributed by atoms with E-state index in [9.17, 15) is 10.2 Å². The molecule has 1 rings (SSSR count). The first kappa shape index (κ1) is 16.9. The maximum absolute atomic E-state index is 10.1. The largest absolute Gasteiger partial charge is 0.368 e. The molecule has 3 N–H and O–H groups in total. The molecule has 0 spiro atoms. The second-order valence-corrected chi connectivity index (χ2v) is 5.27. The molecule has 5 heteroatoms. The lowest BCUT2D eigenvalue weighted by Crippen LogP contribution is -2.47. The highest BCUT2D eigenvalue weighted by Gasteiger charge is 2.20. The van der Waals surface area contributed by atoms with Crippen LogP contribution in [0.5, 0.6) is 0 Å². The van der Waals surface area contributed by atoms with Crippen molar-refractivity contribution in [3.8, 4) is 0 Å².